The fraction of sp³-hybridized carbons (Fsp3) is 0.400. The van der Waals surface area contributed by atoms with Gasteiger partial charge in [0, 0.05) is 19.4 Å². The predicted octanol–water partition coefficient (Wildman–Crippen LogP) is 1.48. The first-order chi connectivity index (χ1) is 10.1. The Bertz CT molecular complexity index is 528. The lowest BCUT2D eigenvalue weighted by molar-refractivity contribution is -0.147. The molecule has 0 aromatic heterocycles. The molecule has 0 radical (unpaired) electrons. The highest BCUT2D eigenvalue weighted by Crippen LogP contribution is 2.11. The van der Waals surface area contributed by atoms with Gasteiger partial charge in [-0.25, -0.2) is 9.59 Å². The van der Waals surface area contributed by atoms with E-state index < -0.39 is 18.2 Å². The SMILES string of the molecule is O=C1CCCN(C(=O)OC(Cc2ccccc2)C(=O)O)C1. The van der Waals surface area contributed by atoms with Crippen molar-refractivity contribution in [1.29, 1.82) is 0 Å². The van der Waals surface area contributed by atoms with Gasteiger partial charge in [0.2, 0.25) is 6.10 Å². The number of piperidine rings is 1. The number of ether oxygens (including phenoxy) is 1. The van der Waals surface area contributed by atoms with Crippen LogP contribution in [-0.4, -0.2) is 47.0 Å². The number of carbonyl (C=O) groups is 3. The highest BCUT2D eigenvalue weighted by molar-refractivity contribution is 5.86. The monoisotopic (exact) mass is 291 g/mol. The zero-order chi connectivity index (χ0) is 15.2. The maximum Gasteiger partial charge on any atom is 0.411 e. The molecule has 2 rings (SSSR count). The van der Waals surface area contributed by atoms with Crippen molar-refractivity contribution in [3.8, 4) is 0 Å². The Labute approximate surface area is 122 Å². The molecular formula is C15H17NO5. The lowest BCUT2D eigenvalue weighted by atomic mass is 10.1. The maximum atomic E-state index is 11.9. The Hall–Kier alpha value is -2.37. The molecule has 1 atom stereocenters. The molecule has 0 saturated carbocycles. The van der Waals surface area contributed by atoms with Crippen LogP contribution in [0.1, 0.15) is 18.4 Å². The molecule has 1 aliphatic rings. The van der Waals surface area contributed by atoms with Gasteiger partial charge in [0.15, 0.2) is 5.78 Å². The van der Waals surface area contributed by atoms with E-state index >= 15 is 0 Å². The summed E-state index contributed by atoms with van der Waals surface area (Å²) in [6, 6.07) is 8.95. The molecule has 21 heavy (non-hydrogen) atoms. The molecular weight excluding hydrogens is 274 g/mol. The van der Waals surface area contributed by atoms with Crippen LogP contribution in [0.5, 0.6) is 0 Å². The Balaban J connectivity index is 1.97. The number of Topliss-reactive ketones (excluding diaryl/α,β-unsaturated/α-hetero) is 1. The Morgan fingerprint density at radius 1 is 1.29 bits per heavy atom. The topological polar surface area (TPSA) is 83.9 Å². The summed E-state index contributed by atoms with van der Waals surface area (Å²) in [7, 11) is 0. The molecule has 1 N–H and O–H groups in total. The second-order valence-electron chi connectivity index (χ2n) is 4.96. The van der Waals surface area contributed by atoms with E-state index in [2.05, 4.69) is 0 Å². The number of carbonyl (C=O) groups excluding carboxylic acids is 2. The van der Waals surface area contributed by atoms with E-state index in [4.69, 9.17) is 4.74 Å². The van der Waals surface area contributed by atoms with Crippen LogP contribution in [-0.2, 0) is 20.7 Å². The second-order valence-corrected chi connectivity index (χ2v) is 4.96. The van der Waals surface area contributed by atoms with Crippen molar-refractivity contribution in [2.24, 2.45) is 0 Å². The normalized spacial score (nSPS) is 16.4. The Kier molecular flexibility index (Phi) is 4.92. The summed E-state index contributed by atoms with van der Waals surface area (Å²) in [5, 5.41) is 9.17. The largest absolute Gasteiger partial charge is 0.478 e. The van der Waals surface area contributed by atoms with Crippen molar-refractivity contribution in [1.82, 2.24) is 4.90 Å². The van der Waals surface area contributed by atoms with Gasteiger partial charge in [-0.2, -0.15) is 0 Å². The molecule has 1 saturated heterocycles. The third-order valence-corrected chi connectivity index (χ3v) is 3.29. The van der Waals surface area contributed by atoms with Gasteiger partial charge in [0.1, 0.15) is 0 Å². The van der Waals surface area contributed by atoms with Gasteiger partial charge in [-0.1, -0.05) is 30.3 Å². The van der Waals surface area contributed by atoms with Crippen molar-refractivity contribution in [3.63, 3.8) is 0 Å². The van der Waals surface area contributed by atoms with E-state index in [-0.39, 0.29) is 18.7 Å². The third kappa shape index (κ3) is 4.30. The molecule has 1 aromatic carbocycles. The van der Waals surface area contributed by atoms with Gasteiger partial charge in [-0.05, 0) is 12.0 Å². The zero-order valence-corrected chi connectivity index (χ0v) is 11.5. The number of benzene rings is 1. The summed E-state index contributed by atoms with van der Waals surface area (Å²) in [6.45, 7) is 0.415. The lowest BCUT2D eigenvalue weighted by Gasteiger charge is -2.26. The Morgan fingerprint density at radius 2 is 2.00 bits per heavy atom. The van der Waals surface area contributed by atoms with E-state index in [0.29, 0.717) is 19.4 Å². The summed E-state index contributed by atoms with van der Waals surface area (Å²) in [5.41, 5.74) is 0.771. The summed E-state index contributed by atoms with van der Waals surface area (Å²) in [4.78, 5) is 35.7. The standard InChI is InChI=1S/C15H17NO5/c17-12-7-4-8-16(10-12)15(20)21-13(14(18)19)9-11-5-2-1-3-6-11/h1-3,5-6,13H,4,7-10H2,(H,18,19). The van der Waals surface area contributed by atoms with Crippen LogP contribution in [0.4, 0.5) is 4.79 Å². The number of carboxylic acid groups (broad SMARTS) is 1. The molecule has 1 aliphatic heterocycles. The molecule has 1 aromatic rings. The quantitative estimate of drug-likeness (QED) is 0.908. The third-order valence-electron chi connectivity index (χ3n) is 3.29. The highest BCUT2D eigenvalue weighted by atomic mass is 16.6. The first-order valence-electron chi connectivity index (χ1n) is 6.80. The highest BCUT2D eigenvalue weighted by Gasteiger charge is 2.28. The van der Waals surface area contributed by atoms with E-state index in [1.807, 2.05) is 6.07 Å². The predicted molar refractivity (Wildman–Crippen MR) is 73.9 cm³/mol. The van der Waals surface area contributed by atoms with Crippen LogP contribution in [0.2, 0.25) is 0 Å². The summed E-state index contributed by atoms with van der Waals surface area (Å²) in [6.07, 6.45) is -0.854. The molecule has 0 aliphatic carbocycles. The first kappa shape index (κ1) is 15.0. The first-order valence-corrected chi connectivity index (χ1v) is 6.80. The van der Waals surface area contributed by atoms with Crippen LogP contribution < -0.4 is 0 Å². The van der Waals surface area contributed by atoms with E-state index in [9.17, 15) is 19.5 Å². The zero-order valence-electron chi connectivity index (χ0n) is 11.5. The minimum atomic E-state index is -1.25. The van der Waals surface area contributed by atoms with E-state index in [1.165, 1.54) is 4.90 Å². The second kappa shape index (κ2) is 6.88. The Morgan fingerprint density at radius 3 is 2.62 bits per heavy atom. The molecule has 112 valence electrons. The van der Waals surface area contributed by atoms with Crippen LogP contribution in [0.15, 0.2) is 30.3 Å². The molecule has 0 spiro atoms. The van der Waals surface area contributed by atoms with Crippen molar-refractivity contribution < 1.29 is 24.2 Å². The summed E-state index contributed by atoms with van der Waals surface area (Å²) in [5.74, 6) is -1.23. The molecule has 6 nitrogen and oxygen atoms in total. The van der Waals surface area contributed by atoms with Gasteiger partial charge >= 0.3 is 12.1 Å². The number of amides is 1. The van der Waals surface area contributed by atoms with Crippen molar-refractivity contribution in [2.45, 2.75) is 25.4 Å². The van der Waals surface area contributed by atoms with Crippen LogP contribution in [0.3, 0.4) is 0 Å². The molecule has 1 heterocycles. The average Bonchev–Trinajstić information content (AvgIpc) is 2.47. The molecule has 1 unspecified atom stereocenters. The van der Waals surface area contributed by atoms with Crippen molar-refractivity contribution in [2.75, 3.05) is 13.1 Å². The smallest absolute Gasteiger partial charge is 0.411 e. The summed E-state index contributed by atoms with van der Waals surface area (Å²) >= 11 is 0. The van der Waals surface area contributed by atoms with Crippen LogP contribution in [0, 0.1) is 0 Å². The molecule has 1 fully saturated rings. The van der Waals surface area contributed by atoms with Gasteiger partial charge in [-0.3, -0.25) is 4.79 Å². The van der Waals surface area contributed by atoms with Gasteiger partial charge in [0.05, 0.1) is 6.54 Å². The lowest BCUT2D eigenvalue weighted by Crippen LogP contribution is -2.43. The molecule has 1 amide bonds. The number of ketones is 1. The summed E-state index contributed by atoms with van der Waals surface area (Å²) < 4.78 is 5.04. The number of rotatable bonds is 4. The number of hydrogen-bond donors (Lipinski definition) is 1. The minimum Gasteiger partial charge on any atom is -0.478 e. The van der Waals surface area contributed by atoms with Crippen LogP contribution in [0.25, 0.3) is 0 Å². The van der Waals surface area contributed by atoms with Crippen molar-refractivity contribution in [3.05, 3.63) is 35.9 Å². The number of likely N-dealkylation sites (tertiary alicyclic amines) is 1. The van der Waals surface area contributed by atoms with E-state index in [0.717, 1.165) is 5.56 Å². The number of nitrogens with zero attached hydrogens (tertiary/aromatic N) is 1. The number of hydrogen-bond acceptors (Lipinski definition) is 4. The number of aliphatic carboxylic acids is 1. The average molecular weight is 291 g/mol. The molecule has 6 heteroatoms. The molecule has 0 bridgehead atoms. The van der Waals surface area contributed by atoms with Crippen molar-refractivity contribution >= 4 is 17.8 Å². The van der Waals surface area contributed by atoms with Crippen LogP contribution >= 0.6 is 0 Å². The fourth-order valence-electron chi connectivity index (χ4n) is 2.20. The van der Waals surface area contributed by atoms with Gasteiger partial charge in [-0.15, -0.1) is 0 Å². The van der Waals surface area contributed by atoms with Gasteiger partial charge < -0.3 is 14.7 Å². The maximum absolute atomic E-state index is 11.9. The number of carboxylic acids is 1. The van der Waals surface area contributed by atoms with Gasteiger partial charge in [0.25, 0.3) is 0 Å². The fourth-order valence-corrected chi connectivity index (χ4v) is 2.20. The van der Waals surface area contributed by atoms with E-state index in [1.54, 1.807) is 24.3 Å². The minimum absolute atomic E-state index is 0.00346.